The molecule has 56 heavy (non-hydrogen) atoms. The number of para-hydroxylation sites is 1. The van der Waals surface area contributed by atoms with E-state index in [1.165, 1.54) is 109 Å². The first-order chi connectivity index (χ1) is 27.7. The number of hydrogen-bond acceptors (Lipinski definition) is 0. The maximum absolute atomic E-state index is 2.57. The molecule has 1 atom stereocenters. The van der Waals surface area contributed by atoms with E-state index in [1.54, 1.807) is 0 Å². The summed E-state index contributed by atoms with van der Waals surface area (Å²) in [5, 5.41) is 13.4. The fourth-order valence-corrected chi connectivity index (χ4v) is 9.84. The molecule has 1 nitrogen and oxygen atoms in total. The summed E-state index contributed by atoms with van der Waals surface area (Å²) in [6, 6.07) is 61.0. The van der Waals surface area contributed by atoms with Crippen molar-refractivity contribution in [3.8, 4) is 11.1 Å². The van der Waals surface area contributed by atoms with Crippen molar-refractivity contribution in [2.24, 2.45) is 5.92 Å². The highest BCUT2D eigenvalue weighted by Gasteiger charge is 2.27. The highest BCUT2D eigenvalue weighted by molar-refractivity contribution is 6.19. The monoisotopic (exact) mass is 712 g/mol. The Balaban J connectivity index is 0.923. The lowest BCUT2D eigenvalue weighted by Gasteiger charge is -2.20. The summed E-state index contributed by atoms with van der Waals surface area (Å²) in [6.45, 7) is 0.933. The van der Waals surface area contributed by atoms with Gasteiger partial charge in [0, 0.05) is 34.8 Å². The van der Waals surface area contributed by atoms with Crippen LogP contribution in [-0.4, -0.2) is 4.57 Å². The molecule has 0 spiro atoms. The third-order valence-electron chi connectivity index (χ3n) is 12.5. The van der Waals surface area contributed by atoms with Crippen LogP contribution in [0.1, 0.15) is 34.2 Å². The van der Waals surface area contributed by atoms with Crippen LogP contribution in [0.15, 0.2) is 182 Å². The molecular weight excluding hydrogens is 675 g/mol. The highest BCUT2D eigenvalue weighted by Crippen LogP contribution is 2.48. The lowest BCUT2D eigenvalue weighted by molar-refractivity contribution is 0.556. The highest BCUT2D eigenvalue weighted by atomic mass is 15.0. The Morgan fingerprint density at radius 1 is 0.500 bits per heavy atom. The average Bonchev–Trinajstić information content (AvgIpc) is 4.02. The SMILES string of the molecule is [CH]1c2c1c1c(C3=CC(Cn4c5ccccc5c5cc(-c6ccc7cc(Cc8ccccc8)c8ccccc8c7c6)ccc54)CC=C3)cccc1c1ccccc21. The fraction of sp³-hybridized carbons (Fsp3) is 0.0727. The number of benzene rings is 9. The topological polar surface area (TPSA) is 4.93 Å². The average molecular weight is 713 g/mol. The zero-order chi connectivity index (χ0) is 36.7. The smallest absolute Gasteiger partial charge is 0.0491 e. The molecule has 1 aromatic heterocycles. The van der Waals surface area contributed by atoms with Gasteiger partial charge in [-0.3, -0.25) is 0 Å². The summed E-state index contributed by atoms with van der Waals surface area (Å²) in [6.07, 6.45) is 11.6. The van der Waals surface area contributed by atoms with Crippen molar-refractivity contribution in [3.63, 3.8) is 0 Å². The van der Waals surface area contributed by atoms with Crippen molar-refractivity contribution in [1.82, 2.24) is 4.57 Å². The Morgan fingerprint density at radius 2 is 1.18 bits per heavy atom. The van der Waals surface area contributed by atoms with E-state index in [2.05, 4.69) is 193 Å². The van der Waals surface area contributed by atoms with E-state index in [1.807, 2.05) is 0 Å². The lowest BCUT2D eigenvalue weighted by atomic mass is 9.88. The normalized spacial score (nSPS) is 15.0. The maximum Gasteiger partial charge on any atom is 0.0491 e. The van der Waals surface area contributed by atoms with Crippen LogP contribution in [0.2, 0.25) is 0 Å². The van der Waals surface area contributed by atoms with Gasteiger partial charge in [-0.25, -0.2) is 0 Å². The number of aromatic nitrogens is 1. The number of rotatable bonds is 6. The number of allylic oxidation sites excluding steroid dienone is 4. The van der Waals surface area contributed by atoms with Crippen molar-refractivity contribution >= 4 is 70.5 Å². The summed E-state index contributed by atoms with van der Waals surface area (Å²) in [5.74, 6) is 0.387. The minimum absolute atomic E-state index is 0.387. The predicted octanol–water partition coefficient (Wildman–Crippen LogP) is 14.2. The first-order valence-corrected chi connectivity index (χ1v) is 20.0. The van der Waals surface area contributed by atoms with E-state index < -0.39 is 0 Å². The van der Waals surface area contributed by atoms with Gasteiger partial charge in [0.15, 0.2) is 0 Å². The van der Waals surface area contributed by atoms with Crippen molar-refractivity contribution in [1.29, 1.82) is 0 Å². The van der Waals surface area contributed by atoms with E-state index >= 15 is 0 Å². The van der Waals surface area contributed by atoms with Crippen LogP contribution in [0.5, 0.6) is 0 Å². The molecule has 9 aromatic carbocycles. The van der Waals surface area contributed by atoms with Crippen LogP contribution in [0.3, 0.4) is 0 Å². The molecule has 0 fully saturated rings. The predicted molar refractivity (Wildman–Crippen MR) is 238 cm³/mol. The van der Waals surface area contributed by atoms with Gasteiger partial charge in [0.1, 0.15) is 0 Å². The van der Waals surface area contributed by atoms with Gasteiger partial charge in [-0.2, -0.15) is 0 Å². The van der Waals surface area contributed by atoms with Gasteiger partial charge >= 0.3 is 0 Å². The molecule has 1 radical (unpaired) electrons. The maximum atomic E-state index is 2.57. The molecule has 12 rings (SSSR count). The molecule has 2 aliphatic carbocycles. The molecule has 0 amide bonds. The second kappa shape index (κ2) is 12.4. The molecule has 2 aliphatic rings. The lowest BCUT2D eigenvalue weighted by Crippen LogP contribution is -2.10. The van der Waals surface area contributed by atoms with Gasteiger partial charge in [-0.1, -0.05) is 158 Å². The van der Waals surface area contributed by atoms with E-state index in [-0.39, 0.29) is 0 Å². The molecule has 1 unspecified atom stereocenters. The van der Waals surface area contributed by atoms with Gasteiger partial charge in [0.2, 0.25) is 0 Å². The van der Waals surface area contributed by atoms with E-state index in [0.29, 0.717) is 5.92 Å². The van der Waals surface area contributed by atoms with Crippen LogP contribution in [-0.2, 0) is 13.0 Å². The van der Waals surface area contributed by atoms with E-state index in [9.17, 15) is 0 Å². The molecule has 0 saturated heterocycles. The van der Waals surface area contributed by atoms with Crippen LogP contribution >= 0.6 is 0 Å². The number of hydrogen-bond donors (Lipinski definition) is 0. The standard InChI is InChI=1S/C55H38N/c1-2-12-35(13-3-1)28-41-30-40-25-24-37(31-49(40)44-17-5-4-16-42(41)44)38-26-27-54-51(32-38)47-20-8-9-23-53(47)56(54)34-36-14-10-15-39(29-36)43-21-11-22-48-45-18-6-7-19-46(45)50-33-52(50)55(43)48/h1-13,15-27,29-33,36H,14,28,34H2. The van der Waals surface area contributed by atoms with Crippen molar-refractivity contribution in [2.75, 3.05) is 0 Å². The first kappa shape index (κ1) is 31.6. The third kappa shape index (κ3) is 5.01. The molecule has 1 heterocycles. The van der Waals surface area contributed by atoms with Gasteiger partial charge in [0.25, 0.3) is 0 Å². The Kier molecular flexibility index (Phi) is 7.01. The van der Waals surface area contributed by atoms with Crippen LogP contribution < -0.4 is 0 Å². The van der Waals surface area contributed by atoms with Crippen LogP contribution in [0.25, 0.3) is 81.6 Å². The van der Waals surface area contributed by atoms with Gasteiger partial charge in [0.05, 0.1) is 0 Å². The molecule has 1 heteroatoms. The second-order valence-corrected chi connectivity index (χ2v) is 15.8. The molecule has 0 bridgehead atoms. The van der Waals surface area contributed by atoms with Gasteiger partial charge < -0.3 is 4.57 Å². The first-order valence-electron chi connectivity index (χ1n) is 20.0. The fourth-order valence-electron chi connectivity index (χ4n) is 9.84. The molecule has 10 aromatic rings. The van der Waals surface area contributed by atoms with Crippen molar-refractivity contribution in [3.05, 3.63) is 216 Å². The number of nitrogens with zero attached hydrogens (tertiary/aromatic N) is 1. The molecule has 0 aliphatic heterocycles. The van der Waals surface area contributed by atoms with Gasteiger partial charge in [-0.05, 0) is 131 Å². The summed E-state index contributed by atoms with van der Waals surface area (Å²) >= 11 is 0. The van der Waals surface area contributed by atoms with Gasteiger partial charge in [-0.15, -0.1) is 0 Å². The summed E-state index contributed by atoms with van der Waals surface area (Å²) < 4.78 is 2.57. The molecule has 0 saturated carbocycles. The Labute approximate surface area is 326 Å². The molecule has 263 valence electrons. The molecule has 0 N–H and O–H groups in total. The number of fused-ring (bicyclic) bond motifs is 12. The Hall–Kier alpha value is -6.70. The van der Waals surface area contributed by atoms with Crippen LogP contribution in [0.4, 0.5) is 0 Å². The third-order valence-corrected chi connectivity index (χ3v) is 12.5. The zero-order valence-corrected chi connectivity index (χ0v) is 31.0. The Bertz CT molecular complexity index is 3300. The summed E-state index contributed by atoms with van der Waals surface area (Å²) in [5.41, 5.74) is 13.3. The van der Waals surface area contributed by atoms with E-state index in [0.717, 1.165) is 19.4 Å². The largest absolute Gasteiger partial charge is 0.340 e. The Morgan fingerprint density at radius 3 is 2.04 bits per heavy atom. The van der Waals surface area contributed by atoms with E-state index in [4.69, 9.17) is 0 Å². The summed E-state index contributed by atoms with van der Waals surface area (Å²) in [4.78, 5) is 0. The van der Waals surface area contributed by atoms with Crippen LogP contribution in [0, 0.1) is 12.3 Å². The minimum atomic E-state index is 0.387. The molecular formula is C55H38N. The zero-order valence-electron chi connectivity index (χ0n) is 31.0. The van der Waals surface area contributed by atoms with Crippen molar-refractivity contribution < 1.29 is 0 Å². The summed E-state index contributed by atoms with van der Waals surface area (Å²) in [7, 11) is 0. The quantitative estimate of drug-likeness (QED) is 0.151. The second-order valence-electron chi connectivity index (χ2n) is 15.8. The minimum Gasteiger partial charge on any atom is -0.340 e. The van der Waals surface area contributed by atoms with Crippen molar-refractivity contribution in [2.45, 2.75) is 19.4 Å².